The number of rotatable bonds is 7. The van der Waals surface area contributed by atoms with Crippen LogP contribution in [0.5, 0.6) is 5.75 Å². The molecule has 2 aromatic heterocycles. The Kier molecular flexibility index (Phi) is 6.73. The van der Waals surface area contributed by atoms with Gasteiger partial charge in [0.1, 0.15) is 17.3 Å². The molecule has 0 unspecified atom stereocenters. The van der Waals surface area contributed by atoms with Crippen LogP contribution in [0.4, 0.5) is 10.6 Å². The third-order valence-corrected chi connectivity index (χ3v) is 7.79. The first-order chi connectivity index (χ1) is 18.0. The van der Waals surface area contributed by atoms with Gasteiger partial charge in [0.2, 0.25) is 5.91 Å². The van der Waals surface area contributed by atoms with Crippen LogP contribution < -0.4 is 15.0 Å². The van der Waals surface area contributed by atoms with Gasteiger partial charge in [0.15, 0.2) is 5.82 Å². The summed E-state index contributed by atoms with van der Waals surface area (Å²) in [6.07, 6.45) is 2.09. The maximum atomic E-state index is 12.3. The Morgan fingerprint density at radius 1 is 1.08 bits per heavy atom. The summed E-state index contributed by atoms with van der Waals surface area (Å²) in [6.45, 7) is 12.8. The Balaban J connectivity index is 1.33. The molecule has 1 aromatic carbocycles. The lowest BCUT2D eigenvalue weighted by Gasteiger charge is -2.31. The molecule has 1 atom stereocenters. The van der Waals surface area contributed by atoms with Crippen molar-refractivity contribution in [3.8, 4) is 17.3 Å². The first kappa shape index (κ1) is 25.9. The first-order valence-electron chi connectivity index (χ1n) is 13.2. The van der Waals surface area contributed by atoms with Crippen LogP contribution in [-0.4, -0.2) is 44.0 Å². The van der Waals surface area contributed by atoms with Gasteiger partial charge >= 0.3 is 6.03 Å². The lowest BCUT2D eigenvalue weighted by atomic mass is 9.98. The second-order valence-electron chi connectivity index (χ2n) is 11.1. The number of carbonyl (C=O) groups excluding carboxylic acids is 2. The Morgan fingerprint density at radius 2 is 1.82 bits per heavy atom. The molecule has 0 radical (unpaired) electrons. The van der Waals surface area contributed by atoms with Crippen molar-refractivity contribution in [3.05, 3.63) is 59.4 Å². The van der Waals surface area contributed by atoms with Crippen LogP contribution in [0.1, 0.15) is 57.9 Å². The monoisotopic (exact) mass is 516 g/mol. The van der Waals surface area contributed by atoms with E-state index in [2.05, 4.69) is 80.2 Å². The van der Waals surface area contributed by atoms with Crippen LogP contribution in [0, 0.1) is 5.92 Å². The van der Waals surface area contributed by atoms with Gasteiger partial charge in [-0.1, -0.05) is 32.0 Å². The van der Waals surface area contributed by atoms with E-state index in [9.17, 15) is 9.59 Å². The highest BCUT2D eigenvalue weighted by atomic mass is 16.5. The number of carbonyl (C=O) groups is 2. The Bertz CT molecular complexity index is 1360. The third-order valence-electron chi connectivity index (χ3n) is 7.79. The van der Waals surface area contributed by atoms with Crippen LogP contribution in [0.25, 0.3) is 11.5 Å². The van der Waals surface area contributed by atoms with Crippen LogP contribution in [0.2, 0.25) is 0 Å². The number of pyridine rings is 1. The van der Waals surface area contributed by atoms with Crippen molar-refractivity contribution in [1.82, 2.24) is 24.8 Å². The molecule has 200 valence electrons. The summed E-state index contributed by atoms with van der Waals surface area (Å²) < 4.78 is 7.89. The summed E-state index contributed by atoms with van der Waals surface area (Å²) in [5.41, 5.74) is 3.94. The summed E-state index contributed by atoms with van der Waals surface area (Å²) in [5, 5.41) is 2.37. The molecule has 1 fully saturated rings. The van der Waals surface area contributed by atoms with Crippen molar-refractivity contribution in [2.24, 2.45) is 13.0 Å². The van der Waals surface area contributed by atoms with Crippen molar-refractivity contribution in [3.63, 3.8) is 0 Å². The largest absolute Gasteiger partial charge is 0.490 e. The number of nitrogens with zero attached hydrogens (tertiary/aromatic N) is 5. The van der Waals surface area contributed by atoms with Crippen LogP contribution in [0.15, 0.2) is 42.6 Å². The van der Waals surface area contributed by atoms with Crippen LogP contribution >= 0.6 is 0 Å². The van der Waals surface area contributed by atoms with Gasteiger partial charge < -0.3 is 9.30 Å². The molecule has 9 nitrogen and oxygen atoms in total. The first-order valence-corrected chi connectivity index (χ1v) is 13.2. The number of benzene rings is 1. The smallest absolute Gasteiger partial charge is 0.329 e. The number of ether oxygens (including phenoxy) is 1. The highest BCUT2D eigenvalue weighted by Crippen LogP contribution is 2.40. The number of urea groups is 1. The minimum Gasteiger partial charge on any atom is -0.490 e. The molecular formula is C29H36N6O3. The number of imide groups is 1. The van der Waals surface area contributed by atoms with Gasteiger partial charge in [-0.2, -0.15) is 0 Å². The molecule has 2 aliphatic heterocycles. The van der Waals surface area contributed by atoms with E-state index < -0.39 is 6.03 Å². The van der Waals surface area contributed by atoms with Crippen molar-refractivity contribution < 1.29 is 14.3 Å². The molecule has 38 heavy (non-hydrogen) atoms. The summed E-state index contributed by atoms with van der Waals surface area (Å²) in [6, 6.07) is 12.1. The average Bonchev–Trinajstić information content (AvgIpc) is 3.36. The molecule has 5 rings (SSSR count). The molecule has 3 aromatic rings. The molecule has 0 aliphatic carbocycles. The van der Waals surface area contributed by atoms with E-state index in [4.69, 9.17) is 9.72 Å². The van der Waals surface area contributed by atoms with Gasteiger partial charge in [-0.05, 0) is 56.0 Å². The maximum Gasteiger partial charge on any atom is 0.329 e. The quantitative estimate of drug-likeness (QED) is 0.493. The molecule has 2 aliphatic rings. The molecule has 0 spiro atoms. The van der Waals surface area contributed by atoms with Crippen molar-refractivity contribution in [2.75, 3.05) is 11.4 Å². The van der Waals surface area contributed by atoms with Gasteiger partial charge in [0, 0.05) is 33.1 Å². The van der Waals surface area contributed by atoms with Crippen molar-refractivity contribution in [1.29, 1.82) is 0 Å². The molecule has 9 heteroatoms. The summed E-state index contributed by atoms with van der Waals surface area (Å²) in [7, 11) is 1.86. The number of hydrogen-bond donors (Lipinski definition) is 1. The number of amides is 3. The number of anilines is 1. The standard InChI is InChI=1S/C29H36N6O3/c1-18(2)19(3)38-22-10-7-20(8-11-22)16-34-17-21-9-12-23(31-26(21)29(34,4)5)27-30-15-25(33(27)6)35-14-13-24(36)32-28(35)37/h7-12,15,18-19H,13-14,16-17H2,1-6H3,(H,32,36,37)/t19-/m0/s1. The van der Waals surface area contributed by atoms with Crippen LogP contribution in [0.3, 0.4) is 0 Å². The minimum absolute atomic E-state index is 0.171. The van der Waals surface area contributed by atoms with E-state index in [1.165, 1.54) is 16.0 Å². The van der Waals surface area contributed by atoms with Crippen molar-refractivity contribution in [2.45, 2.75) is 65.8 Å². The van der Waals surface area contributed by atoms with Gasteiger partial charge in [0.05, 0.1) is 23.5 Å². The second-order valence-corrected chi connectivity index (χ2v) is 11.1. The Morgan fingerprint density at radius 3 is 2.50 bits per heavy atom. The topological polar surface area (TPSA) is 92.6 Å². The van der Waals surface area contributed by atoms with E-state index in [0.717, 1.165) is 30.2 Å². The zero-order valence-electron chi connectivity index (χ0n) is 23.0. The van der Waals surface area contributed by atoms with E-state index in [1.54, 1.807) is 6.20 Å². The second kappa shape index (κ2) is 9.87. The lowest BCUT2D eigenvalue weighted by molar-refractivity contribution is -0.120. The lowest BCUT2D eigenvalue weighted by Crippen LogP contribution is -2.50. The zero-order valence-corrected chi connectivity index (χ0v) is 23.0. The number of nitrogens with one attached hydrogen (secondary N) is 1. The van der Waals surface area contributed by atoms with Gasteiger partial charge in [-0.15, -0.1) is 0 Å². The number of fused-ring (bicyclic) bond motifs is 1. The number of imidazole rings is 1. The fraction of sp³-hybridized carbons (Fsp3) is 0.448. The normalized spacial score (nSPS) is 18.0. The van der Waals surface area contributed by atoms with E-state index in [0.29, 0.717) is 24.1 Å². The predicted molar refractivity (Wildman–Crippen MR) is 146 cm³/mol. The average molecular weight is 517 g/mol. The summed E-state index contributed by atoms with van der Waals surface area (Å²) in [4.78, 5) is 37.5. The molecule has 0 saturated carbocycles. The molecular weight excluding hydrogens is 480 g/mol. The summed E-state index contributed by atoms with van der Waals surface area (Å²) in [5.74, 6) is 2.40. The summed E-state index contributed by atoms with van der Waals surface area (Å²) >= 11 is 0. The maximum absolute atomic E-state index is 12.3. The zero-order chi connectivity index (χ0) is 27.2. The number of hydrogen-bond acceptors (Lipinski definition) is 6. The van der Waals surface area contributed by atoms with E-state index >= 15 is 0 Å². The molecule has 4 heterocycles. The highest BCUT2D eigenvalue weighted by Gasteiger charge is 2.39. The third kappa shape index (κ3) is 4.78. The molecule has 3 amide bonds. The SMILES string of the molecule is CC(C)[C@H](C)Oc1ccc(CN2Cc3ccc(-c4ncc(N5CCC(=O)NC5=O)n4C)nc3C2(C)C)cc1. The fourth-order valence-electron chi connectivity index (χ4n) is 4.99. The molecule has 0 bridgehead atoms. The van der Waals surface area contributed by atoms with E-state index in [1.807, 2.05) is 17.7 Å². The van der Waals surface area contributed by atoms with Gasteiger partial charge in [0.25, 0.3) is 0 Å². The van der Waals surface area contributed by atoms with E-state index in [-0.39, 0.29) is 24.0 Å². The minimum atomic E-state index is -0.427. The molecule has 1 N–H and O–H groups in total. The fourth-order valence-corrected chi connectivity index (χ4v) is 4.99. The van der Waals surface area contributed by atoms with Gasteiger partial charge in [-0.25, -0.2) is 14.8 Å². The Hall–Kier alpha value is -3.72. The van der Waals surface area contributed by atoms with Crippen molar-refractivity contribution >= 4 is 17.8 Å². The highest BCUT2D eigenvalue weighted by molar-refractivity contribution is 6.05. The Labute approximate surface area is 223 Å². The predicted octanol–water partition coefficient (Wildman–Crippen LogP) is 4.60. The van der Waals surface area contributed by atoms with Crippen LogP contribution in [-0.2, 0) is 30.5 Å². The molecule has 1 saturated heterocycles. The number of aromatic nitrogens is 3. The van der Waals surface area contributed by atoms with Gasteiger partial charge in [-0.3, -0.25) is 19.9 Å².